The third kappa shape index (κ3) is 3.47. The Balaban J connectivity index is 1.54. The second-order valence-electron chi connectivity index (χ2n) is 12.0. The minimum absolute atomic E-state index is 0.244. The molecule has 0 spiro atoms. The van der Waals surface area contributed by atoms with E-state index in [0.717, 1.165) is 31.4 Å². The maximum absolute atomic E-state index is 13.4. The van der Waals surface area contributed by atoms with E-state index in [-0.39, 0.29) is 17.4 Å². The molecule has 4 nitrogen and oxygen atoms in total. The molecule has 7 heteroatoms. The number of amides is 2. The lowest BCUT2D eigenvalue weighted by Gasteiger charge is -2.62. The first-order valence-electron chi connectivity index (χ1n) is 12.8. The maximum atomic E-state index is 13.4. The van der Waals surface area contributed by atoms with Gasteiger partial charge in [0.05, 0.1) is 5.56 Å². The van der Waals surface area contributed by atoms with Crippen LogP contribution in [0.5, 0.6) is 0 Å². The number of hydrogen-bond donors (Lipinski definition) is 1. The monoisotopic (exact) mass is 488 g/mol. The van der Waals surface area contributed by atoms with Crippen LogP contribution in [-0.2, 0) is 21.3 Å². The highest BCUT2D eigenvalue weighted by molar-refractivity contribution is 5.96. The van der Waals surface area contributed by atoms with E-state index in [9.17, 15) is 22.8 Å². The Kier molecular flexibility index (Phi) is 5.46. The van der Waals surface area contributed by atoms with Crippen molar-refractivity contribution in [3.63, 3.8) is 0 Å². The van der Waals surface area contributed by atoms with Crippen LogP contribution in [0.3, 0.4) is 0 Å². The molecule has 2 amide bonds. The number of carbonyl (C=O) groups excluding carboxylic acids is 2. The molecule has 3 saturated carbocycles. The summed E-state index contributed by atoms with van der Waals surface area (Å²) < 4.78 is 39.5. The molecular weight excluding hydrogens is 453 g/mol. The van der Waals surface area contributed by atoms with Crippen molar-refractivity contribution in [2.75, 3.05) is 0 Å². The molecule has 0 aromatic heterocycles. The minimum Gasteiger partial charge on any atom is -0.367 e. The van der Waals surface area contributed by atoms with E-state index in [0.29, 0.717) is 28.7 Å². The van der Waals surface area contributed by atoms with Crippen molar-refractivity contribution >= 4 is 11.8 Å². The number of primary amides is 1. The maximum Gasteiger partial charge on any atom is 0.416 e. The Labute approximate surface area is 205 Å². The molecule has 1 aromatic rings. The number of fused-ring (bicyclic) bond motifs is 5. The van der Waals surface area contributed by atoms with Gasteiger partial charge in [-0.05, 0) is 92.4 Å². The molecule has 0 radical (unpaired) electrons. The number of carbonyl (C=O) groups is 2. The second kappa shape index (κ2) is 7.84. The summed E-state index contributed by atoms with van der Waals surface area (Å²) in [6.07, 6.45) is 6.96. The van der Waals surface area contributed by atoms with E-state index in [2.05, 4.69) is 19.9 Å². The van der Waals surface area contributed by atoms with Crippen molar-refractivity contribution in [3.05, 3.63) is 47.5 Å². The fourth-order valence-electron chi connectivity index (χ4n) is 8.41. The largest absolute Gasteiger partial charge is 0.416 e. The first kappa shape index (κ1) is 24.4. The van der Waals surface area contributed by atoms with E-state index in [1.54, 1.807) is 17.9 Å². The van der Waals surface area contributed by atoms with Crippen LogP contribution in [0.2, 0.25) is 0 Å². The zero-order valence-corrected chi connectivity index (χ0v) is 20.7. The molecule has 1 heterocycles. The van der Waals surface area contributed by atoms with Gasteiger partial charge in [-0.25, -0.2) is 0 Å². The fraction of sp³-hybridized carbons (Fsp3) is 0.643. The highest BCUT2D eigenvalue weighted by Crippen LogP contribution is 2.64. The van der Waals surface area contributed by atoms with Crippen LogP contribution in [0.25, 0.3) is 0 Å². The van der Waals surface area contributed by atoms with Crippen LogP contribution >= 0.6 is 0 Å². The minimum atomic E-state index is -4.49. The van der Waals surface area contributed by atoms with E-state index < -0.39 is 23.2 Å². The highest BCUT2D eigenvalue weighted by atomic mass is 19.4. The average Bonchev–Trinajstić information content (AvgIpc) is 3.20. The summed E-state index contributed by atoms with van der Waals surface area (Å²) >= 11 is 0. The standard InChI is InChI=1S/C28H35F3N2O2/c1-25-14-4-5-20(25)19-10-11-22-26(2,21(19)12-15-25)16-13-23(34)33(22)27(3,24(32)35)17-6-8-18(9-7-17)28(29,30)31/h6-9,13,16,19-22H,4-5,10-12,14-15H2,1-3H3,(H2,32,35)/t19-,20-,21+,22?,25-,26+,27?/m0/s1. The lowest BCUT2D eigenvalue weighted by molar-refractivity contribution is -0.160. The van der Waals surface area contributed by atoms with Crippen LogP contribution in [0.4, 0.5) is 13.2 Å². The molecule has 190 valence electrons. The summed E-state index contributed by atoms with van der Waals surface area (Å²) in [7, 11) is 0. The first-order valence-corrected chi connectivity index (χ1v) is 12.8. The van der Waals surface area contributed by atoms with E-state index in [4.69, 9.17) is 5.73 Å². The topological polar surface area (TPSA) is 63.4 Å². The number of nitrogens with zero attached hydrogens (tertiary/aromatic N) is 1. The normalized spacial score (nSPS) is 38.3. The van der Waals surface area contributed by atoms with Gasteiger partial charge >= 0.3 is 6.18 Å². The van der Waals surface area contributed by atoms with Crippen molar-refractivity contribution in [1.82, 2.24) is 4.90 Å². The van der Waals surface area contributed by atoms with E-state index in [1.807, 2.05) is 0 Å². The molecule has 5 rings (SSSR count). The molecule has 1 aliphatic heterocycles. The molecule has 2 N–H and O–H groups in total. The molecule has 7 atom stereocenters. The first-order chi connectivity index (χ1) is 16.3. The van der Waals surface area contributed by atoms with Crippen LogP contribution < -0.4 is 5.73 Å². The van der Waals surface area contributed by atoms with Gasteiger partial charge < -0.3 is 10.6 Å². The van der Waals surface area contributed by atoms with Gasteiger partial charge in [0.2, 0.25) is 11.8 Å². The molecule has 3 fully saturated rings. The Morgan fingerprint density at radius 3 is 2.29 bits per heavy atom. The molecule has 35 heavy (non-hydrogen) atoms. The molecule has 1 aromatic carbocycles. The summed E-state index contributed by atoms with van der Waals surface area (Å²) in [6.45, 7) is 6.23. The number of alkyl halides is 3. The fourth-order valence-corrected chi connectivity index (χ4v) is 8.41. The Hall–Kier alpha value is -2.31. The quantitative estimate of drug-likeness (QED) is 0.584. The van der Waals surface area contributed by atoms with Crippen LogP contribution in [-0.4, -0.2) is 22.8 Å². The predicted octanol–water partition coefficient (Wildman–Crippen LogP) is 5.81. The third-order valence-electron chi connectivity index (χ3n) is 10.4. The second-order valence-corrected chi connectivity index (χ2v) is 12.0. The summed E-state index contributed by atoms with van der Waals surface area (Å²) in [4.78, 5) is 28.0. The SMILES string of the molecule is CC(C(N)=O)(c1ccc(C(F)(F)F)cc1)N1C(=O)C=C[C@@]2(C)C1CC[C@@H]1[C@H]2CC[C@]2(C)CCC[C@@H]12. The van der Waals surface area contributed by atoms with Gasteiger partial charge in [0.15, 0.2) is 0 Å². The number of halogens is 3. The zero-order valence-electron chi connectivity index (χ0n) is 20.7. The molecule has 0 saturated heterocycles. The molecular formula is C28H35F3N2O2. The number of rotatable bonds is 3. The van der Waals surface area contributed by atoms with Crippen LogP contribution in [0, 0.1) is 28.6 Å². The lowest BCUT2D eigenvalue weighted by atomic mass is 9.48. The highest BCUT2D eigenvalue weighted by Gasteiger charge is 2.61. The van der Waals surface area contributed by atoms with Gasteiger partial charge in [-0.15, -0.1) is 0 Å². The van der Waals surface area contributed by atoms with Gasteiger partial charge in [0.1, 0.15) is 5.54 Å². The Morgan fingerprint density at radius 1 is 1.00 bits per heavy atom. The van der Waals surface area contributed by atoms with Crippen molar-refractivity contribution in [2.45, 2.75) is 83.5 Å². The molecule has 3 aliphatic carbocycles. The van der Waals surface area contributed by atoms with Crippen molar-refractivity contribution < 1.29 is 22.8 Å². The predicted molar refractivity (Wildman–Crippen MR) is 127 cm³/mol. The molecule has 0 bridgehead atoms. The Morgan fingerprint density at radius 2 is 1.66 bits per heavy atom. The third-order valence-corrected chi connectivity index (χ3v) is 10.4. The average molecular weight is 489 g/mol. The van der Waals surface area contributed by atoms with Crippen LogP contribution in [0.15, 0.2) is 36.4 Å². The van der Waals surface area contributed by atoms with Gasteiger partial charge in [0, 0.05) is 11.5 Å². The summed E-state index contributed by atoms with van der Waals surface area (Å²) in [5, 5.41) is 0. The number of hydrogen-bond acceptors (Lipinski definition) is 2. The smallest absolute Gasteiger partial charge is 0.367 e. The molecule has 4 aliphatic rings. The van der Waals surface area contributed by atoms with Gasteiger partial charge in [0.25, 0.3) is 0 Å². The summed E-state index contributed by atoms with van der Waals surface area (Å²) in [5.41, 5.74) is 3.96. The van der Waals surface area contributed by atoms with Gasteiger partial charge in [-0.1, -0.05) is 38.5 Å². The van der Waals surface area contributed by atoms with Gasteiger partial charge in [-0.3, -0.25) is 9.59 Å². The lowest BCUT2D eigenvalue weighted by Crippen LogP contribution is -2.67. The zero-order chi connectivity index (χ0) is 25.4. The number of benzene rings is 1. The van der Waals surface area contributed by atoms with E-state index >= 15 is 0 Å². The van der Waals surface area contributed by atoms with Gasteiger partial charge in [-0.2, -0.15) is 13.2 Å². The summed E-state index contributed by atoms with van der Waals surface area (Å²) in [6, 6.07) is 4.24. The summed E-state index contributed by atoms with van der Waals surface area (Å²) in [5.74, 6) is 0.624. The molecule has 2 unspecified atom stereocenters. The Bertz CT molecular complexity index is 1070. The van der Waals surface area contributed by atoms with Crippen molar-refractivity contribution in [1.29, 1.82) is 0 Å². The van der Waals surface area contributed by atoms with Crippen molar-refractivity contribution in [2.24, 2.45) is 34.3 Å². The van der Waals surface area contributed by atoms with E-state index in [1.165, 1.54) is 37.8 Å². The number of nitrogens with two attached hydrogens (primary N) is 1. The van der Waals surface area contributed by atoms with Crippen LogP contribution in [0.1, 0.15) is 76.8 Å². The van der Waals surface area contributed by atoms with Crippen molar-refractivity contribution in [3.8, 4) is 0 Å².